The van der Waals surface area contributed by atoms with Crippen molar-refractivity contribution in [2.75, 3.05) is 4.90 Å². The Kier molecular flexibility index (Phi) is 7.17. The van der Waals surface area contributed by atoms with Gasteiger partial charge in [-0.3, -0.25) is 0 Å². The van der Waals surface area contributed by atoms with Crippen LogP contribution in [0.3, 0.4) is 0 Å². The number of rotatable bonds is 5. The Morgan fingerprint density at radius 1 is 0.389 bits per heavy atom. The molecule has 0 amide bonds. The first-order valence-electron chi connectivity index (χ1n) is 19.2. The van der Waals surface area contributed by atoms with E-state index in [0.29, 0.717) is 0 Å². The molecular formula is C53H43N. The van der Waals surface area contributed by atoms with Gasteiger partial charge in [0.05, 0.1) is 11.4 Å². The Morgan fingerprint density at radius 2 is 0.981 bits per heavy atom. The molecule has 0 heterocycles. The first-order chi connectivity index (χ1) is 26.2. The molecule has 260 valence electrons. The molecule has 0 aromatic heterocycles. The smallest absolute Gasteiger partial charge is 0.0543 e. The summed E-state index contributed by atoms with van der Waals surface area (Å²) in [5, 5.41) is 2.49. The Balaban J connectivity index is 1.29. The van der Waals surface area contributed by atoms with Crippen molar-refractivity contribution < 1.29 is 0 Å². The van der Waals surface area contributed by atoms with Crippen LogP contribution < -0.4 is 4.90 Å². The van der Waals surface area contributed by atoms with Gasteiger partial charge in [0.1, 0.15) is 0 Å². The van der Waals surface area contributed by atoms with Gasteiger partial charge in [0.2, 0.25) is 0 Å². The molecule has 0 saturated carbocycles. The molecule has 54 heavy (non-hydrogen) atoms. The standard InChI is InChI=1S/C53H43N/c1-34-24-26-35(27-25-34)37-28-31-49(44(32-37)40-19-12-15-36-14-6-7-16-39(36)40)54(38-29-30-42-41-17-8-10-20-45(41)53(4,5)48(42)33-38)50-23-13-22-47-51(50)43-18-9-11-21-46(43)52(47,2)3/h6-33H,1-5H3. The van der Waals surface area contributed by atoms with Crippen LogP contribution in [0.5, 0.6) is 0 Å². The quantitative estimate of drug-likeness (QED) is 0.173. The van der Waals surface area contributed by atoms with Gasteiger partial charge < -0.3 is 4.90 Å². The van der Waals surface area contributed by atoms with Crippen LogP contribution in [0.15, 0.2) is 170 Å². The summed E-state index contributed by atoms with van der Waals surface area (Å²) in [6, 6.07) is 63.6. The molecule has 10 rings (SSSR count). The van der Waals surface area contributed by atoms with E-state index < -0.39 is 0 Å². The summed E-state index contributed by atoms with van der Waals surface area (Å²) < 4.78 is 0. The van der Waals surface area contributed by atoms with Crippen molar-refractivity contribution in [3.63, 3.8) is 0 Å². The minimum Gasteiger partial charge on any atom is -0.309 e. The van der Waals surface area contributed by atoms with Crippen molar-refractivity contribution in [1.29, 1.82) is 0 Å². The van der Waals surface area contributed by atoms with Gasteiger partial charge in [-0.05, 0) is 104 Å². The van der Waals surface area contributed by atoms with Crippen molar-refractivity contribution in [2.24, 2.45) is 0 Å². The third-order valence-corrected chi connectivity index (χ3v) is 12.4. The van der Waals surface area contributed by atoms with Crippen LogP contribution in [0, 0.1) is 6.92 Å². The molecule has 1 heteroatoms. The summed E-state index contributed by atoms with van der Waals surface area (Å²) in [6.45, 7) is 11.7. The summed E-state index contributed by atoms with van der Waals surface area (Å²) >= 11 is 0. The van der Waals surface area contributed by atoms with E-state index in [4.69, 9.17) is 0 Å². The summed E-state index contributed by atoms with van der Waals surface area (Å²) in [5.41, 5.74) is 20.2. The predicted molar refractivity (Wildman–Crippen MR) is 229 cm³/mol. The lowest BCUT2D eigenvalue weighted by Gasteiger charge is -2.32. The van der Waals surface area contributed by atoms with Crippen LogP contribution >= 0.6 is 0 Å². The van der Waals surface area contributed by atoms with E-state index in [-0.39, 0.29) is 10.8 Å². The molecule has 0 N–H and O–H groups in total. The third-order valence-electron chi connectivity index (χ3n) is 12.4. The zero-order chi connectivity index (χ0) is 36.8. The van der Waals surface area contributed by atoms with Gasteiger partial charge in [0.25, 0.3) is 0 Å². The molecule has 2 aliphatic carbocycles. The highest BCUT2D eigenvalue weighted by atomic mass is 15.1. The molecular weight excluding hydrogens is 651 g/mol. The van der Waals surface area contributed by atoms with Crippen LogP contribution in [0.25, 0.3) is 55.3 Å². The first kappa shape index (κ1) is 32.5. The van der Waals surface area contributed by atoms with Crippen molar-refractivity contribution in [2.45, 2.75) is 45.4 Å². The summed E-state index contributed by atoms with van der Waals surface area (Å²) in [6.07, 6.45) is 0. The predicted octanol–water partition coefficient (Wildman–Crippen LogP) is 14.6. The normalized spacial score (nSPS) is 14.3. The molecule has 0 fully saturated rings. The van der Waals surface area contributed by atoms with Crippen molar-refractivity contribution in [3.05, 3.63) is 198 Å². The number of nitrogens with zero attached hydrogens (tertiary/aromatic N) is 1. The summed E-state index contributed by atoms with van der Waals surface area (Å²) in [7, 11) is 0. The molecule has 0 atom stereocenters. The lowest BCUT2D eigenvalue weighted by molar-refractivity contribution is 0.660. The zero-order valence-corrected chi connectivity index (χ0v) is 31.6. The van der Waals surface area contributed by atoms with Crippen molar-refractivity contribution in [3.8, 4) is 44.5 Å². The summed E-state index contributed by atoms with van der Waals surface area (Å²) in [5.74, 6) is 0. The zero-order valence-electron chi connectivity index (χ0n) is 31.6. The van der Waals surface area contributed by atoms with Crippen molar-refractivity contribution >= 4 is 27.8 Å². The Labute approximate surface area is 319 Å². The van der Waals surface area contributed by atoms with Gasteiger partial charge in [-0.1, -0.05) is 173 Å². The maximum atomic E-state index is 2.56. The van der Waals surface area contributed by atoms with Crippen LogP contribution in [0.2, 0.25) is 0 Å². The van der Waals surface area contributed by atoms with Crippen LogP contribution in [0.4, 0.5) is 17.1 Å². The highest BCUT2D eigenvalue weighted by Gasteiger charge is 2.39. The molecule has 0 unspecified atom stereocenters. The topological polar surface area (TPSA) is 3.24 Å². The van der Waals surface area contributed by atoms with Gasteiger partial charge in [-0.2, -0.15) is 0 Å². The number of anilines is 3. The van der Waals surface area contributed by atoms with Crippen LogP contribution in [0.1, 0.15) is 55.5 Å². The Bertz CT molecular complexity index is 2770. The van der Waals surface area contributed by atoms with Gasteiger partial charge in [-0.25, -0.2) is 0 Å². The molecule has 0 saturated heterocycles. The lowest BCUT2D eigenvalue weighted by atomic mass is 9.82. The fourth-order valence-corrected chi connectivity index (χ4v) is 9.49. The van der Waals surface area contributed by atoms with E-state index in [0.717, 1.165) is 11.4 Å². The second-order valence-corrected chi connectivity index (χ2v) is 16.2. The SMILES string of the molecule is Cc1ccc(-c2ccc(N(c3ccc4c(c3)C(C)(C)c3ccccc3-4)c3cccc4c3-c3ccccc3C4(C)C)c(-c3cccc4ccccc34)c2)cc1. The second kappa shape index (κ2) is 11.9. The van der Waals surface area contributed by atoms with Gasteiger partial charge in [-0.15, -0.1) is 0 Å². The fraction of sp³-hybridized carbons (Fsp3) is 0.132. The van der Waals surface area contributed by atoms with E-state index in [1.54, 1.807) is 0 Å². The first-order valence-corrected chi connectivity index (χ1v) is 19.2. The minimum absolute atomic E-state index is 0.122. The number of benzene rings is 8. The molecule has 8 aromatic rings. The van der Waals surface area contributed by atoms with E-state index in [1.165, 1.54) is 88.8 Å². The largest absolute Gasteiger partial charge is 0.309 e. The van der Waals surface area contributed by atoms with Crippen LogP contribution in [-0.4, -0.2) is 0 Å². The van der Waals surface area contributed by atoms with E-state index >= 15 is 0 Å². The maximum absolute atomic E-state index is 2.56. The summed E-state index contributed by atoms with van der Waals surface area (Å²) in [4.78, 5) is 2.56. The molecule has 0 spiro atoms. The molecule has 2 aliphatic rings. The molecule has 0 bridgehead atoms. The van der Waals surface area contributed by atoms with Gasteiger partial charge in [0.15, 0.2) is 0 Å². The fourth-order valence-electron chi connectivity index (χ4n) is 9.49. The van der Waals surface area contributed by atoms with Gasteiger partial charge in [0, 0.05) is 27.6 Å². The molecule has 8 aromatic carbocycles. The number of aryl methyl sites for hydroxylation is 1. The average Bonchev–Trinajstić information content (AvgIpc) is 3.58. The minimum atomic E-state index is -0.130. The highest BCUT2D eigenvalue weighted by Crippen LogP contribution is 2.56. The Hall–Kier alpha value is -6.18. The number of hydrogen-bond acceptors (Lipinski definition) is 1. The maximum Gasteiger partial charge on any atom is 0.0543 e. The van der Waals surface area contributed by atoms with E-state index in [1.807, 2.05) is 0 Å². The molecule has 0 aliphatic heterocycles. The average molecular weight is 694 g/mol. The monoisotopic (exact) mass is 693 g/mol. The number of hydrogen-bond donors (Lipinski definition) is 0. The van der Waals surface area contributed by atoms with E-state index in [2.05, 4.69) is 209 Å². The highest BCUT2D eigenvalue weighted by molar-refractivity contribution is 6.04. The van der Waals surface area contributed by atoms with E-state index in [9.17, 15) is 0 Å². The van der Waals surface area contributed by atoms with Crippen molar-refractivity contribution in [1.82, 2.24) is 0 Å². The number of fused-ring (bicyclic) bond motifs is 7. The van der Waals surface area contributed by atoms with Crippen LogP contribution in [-0.2, 0) is 10.8 Å². The van der Waals surface area contributed by atoms with Gasteiger partial charge >= 0.3 is 0 Å². The Morgan fingerprint density at radius 3 is 1.80 bits per heavy atom. The molecule has 1 nitrogen and oxygen atoms in total. The lowest BCUT2D eigenvalue weighted by Crippen LogP contribution is -2.18. The molecule has 0 radical (unpaired) electrons. The second-order valence-electron chi connectivity index (χ2n) is 16.2. The third kappa shape index (κ3) is 4.78.